The molecule has 0 radical (unpaired) electrons. The van der Waals surface area contributed by atoms with E-state index in [1.54, 1.807) is 0 Å². The summed E-state index contributed by atoms with van der Waals surface area (Å²) in [6.07, 6.45) is 0.681. The standard InChI is InChI=1S/C12H16ClN3O4S/c1-2-5-15(10-7-14-8-10)21(19,20)12-4-3-9(16(17)18)6-11(12)13/h3-4,6,10,14H,2,5,7-8H2,1H3. The molecule has 9 heteroatoms. The molecule has 0 saturated carbocycles. The number of nitrogens with one attached hydrogen (secondary N) is 1. The average Bonchev–Trinajstić information content (AvgIpc) is 2.35. The van der Waals surface area contributed by atoms with E-state index in [0.29, 0.717) is 26.1 Å². The number of halogens is 1. The number of hydrogen-bond acceptors (Lipinski definition) is 5. The molecule has 0 aromatic heterocycles. The van der Waals surface area contributed by atoms with Gasteiger partial charge in [-0.15, -0.1) is 0 Å². The molecule has 0 spiro atoms. The molecule has 0 unspecified atom stereocenters. The van der Waals surface area contributed by atoms with Gasteiger partial charge in [0, 0.05) is 31.8 Å². The van der Waals surface area contributed by atoms with Crippen molar-refractivity contribution in [1.29, 1.82) is 0 Å². The molecule has 1 fully saturated rings. The Kier molecular flexibility index (Phi) is 4.82. The maximum absolute atomic E-state index is 12.7. The highest BCUT2D eigenvalue weighted by Crippen LogP contribution is 2.30. The Bertz CT molecular complexity index is 646. The largest absolute Gasteiger partial charge is 0.313 e. The molecule has 2 rings (SSSR count). The van der Waals surface area contributed by atoms with Crippen LogP contribution in [0.25, 0.3) is 0 Å². The van der Waals surface area contributed by atoms with Crippen molar-refractivity contribution in [2.75, 3.05) is 19.6 Å². The topological polar surface area (TPSA) is 92.6 Å². The second-order valence-electron chi connectivity index (χ2n) is 4.80. The van der Waals surface area contributed by atoms with E-state index in [0.717, 1.165) is 12.1 Å². The summed E-state index contributed by atoms with van der Waals surface area (Å²) in [7, 11) is -3.76. The summed E-state index contributed by atoms with van der Waals surface area (Å²) in [6, 6.07) is 3.32. The fourth-order valence-corrected chi connectivity index (χ4v) is 4.37. The van der Waals surface area contributed by atoms with Crippen molar-refractivity contribution in [3.63, 3.8) is 0 Å². The van der Waals surface area contributed by atoms with Crippen molar-refractivity contribution in [3.05, 3.63) is 33.3 Å². The number of hydrogen-bond donors (Lipinski definition) is 1. The number of sulfonamides is 1. The lowest BCUT2D eigenvalue weighted by Crippen LogP contribution is -2.58. The van der Waals surface area contributed by atoms with Crippen LogP contribution in [0.4, 0.5) is 5.69 Å². The van der Waals surface area contributed by atoms with Gasteiger partial charge in [-0.25, -0.2) is 8.42 Å². The molecule has 0 atom stereocenters. The van der Waals surface area contributed by atoms with Crippen LogP contribution in [0.3, 0.4) is 0 Å². The van der Waals surface area contributed by atoms with Gasteiger partial charge in [0.05, 0.1) is 16.0 Å². The Morgan fingerprint density at radius 2 is 2.14 bits per heavy atom. The molecule has 1 saturated heterocycles. The SMILES string of the molecule is CCCN(C1CNC1)S(=O)(=O)c1ccc([N+](=O)[O-])cc1Cl. The van der Waals surface area contributed by atoms with E-state index in [4.69, 9.17) is 11.6 Å². The van der Waals surface area contributed by atoms with Gasteiger partial charge in [0.2, 0.25) is 10.0 Å². The van der Waals surface area contributed by atoms with Crippen molar-refractivity contribution in [3.8, 4) is 0 Å². The molecule has 1 aromatic carbocycles. The summed E-state index contributed by atoms with van der Waals surface area (Å²) in [5.41, 5.74) is -0.230. The summed E-state index contributed by atoms with van der Waals surface area (Å²) < 4.78 is 26.8. The number of rotatable bonds is 6. The molecule has 1 N–H and O–H groups in total. The van der Waals surface area contributed by atoms with E-state index in [9.17, 15) is 18.5 Å². The second kappa shape index (κ2) is 6.27. The lowest BCUT2D eigenvalue weighted by atomic mass is 10.2. The van der Waals surface area contributed by atoms with Crippen LogP contribution in [0.5, 0.6) is 0 Å². The van der Waals surface area contributed by atoms with Gasteiger partial charge in [-0.2, -0.15) is 4.31 Å². The number of nitrogens with zero attached hydrogens (tertiary/aromatic N) is 2. The predicted molar refractivity (Wildman–Crippen MR) is 78.9 cm³/mol. The molecule has 0 aliphatic carbocycles. The van der Waals surface area contributed by atoms with Gasteiger partial charge < -0.3 is 5.32 Å². The van der Waals surface area contributed by atoms with E-state index in [1.807, 2.05) is 6.92 Å². The maximum Gasteiger partial charge on any atom is 0.271 e. The normalized spacial score (nSPS) is 16.0. The zero-order valence-corrected chi connectivity index (χ0v) is 13.0. The monoisotopic (exact) mass is 333 g/mol. The summed E-state index contributed by atoms with van der Waals surface area (Å²) in [5.74, 6) is 0. The first kappa shape index (κ1) is 16.2. The number of nitro groups is 1. The molecular weight excluding hydrogens is 318 g/mol. The summed E-state index contributed by atoms with van der Waals surface area (Å²) in [4.78, 5) is 10.00. The molecule has 116 valence electrons. The van der Waals surface area contributed by atoms with Crippen LogP contribution in [-0.2, 0) is 10.0 Å². The van der Waals surface area contributed by atoms with Crippen molar-refractivity contribution in [2.45, 2.75) is 24.3 Å². The summed E-state index contributed by atoms with van der Waals surface area (Å²) >= 11 is 5.94. The third-order valence-corrected chi connectivity index (χ3v) is 5.76. The Balaban J connectivity index is 2.39. The molecule has 1 heterocycles. The van der Waals surface area contributed by atoms with E-state index in [1.165, 1.54) is 10.4 Å². The fraction of sp³-hybridized carbons (Fsp3) is 0.500. The van der Waals surface area contributed by atoms with Gasteiger partial charge in [-0.05, 0) is 12.5 Å². The maximum atomic E-state index is 12.7. The first-order valence-electron chi connectivity index (χ1n) is 6.54. The van der Waals surface area contributed by atoms with E-state index < -0.39 is 14.9 Å². The Labute approximate surface area is 128 Å². The van der Waals surface area contributed by atoms with Gasteiger partial charge in [-0.3, -0.25) is 10.1 Å². The molecule has 1 aliphatic heterocycles. The van der Waals surface area contributed by atoms with Crippen LogP contribution in [0.2, 0.25) is 5.02 Å². The molecule has 0 bridgehead atoms. The quantitative estimate of drug-likeness (QED) is 0.630. The van der Waals surface area contributed by atoms with Crippen LogP contribution >= 0.6 is 11.6 Å². The van der Waals surface area contributed by atoms with E-state index in [2.05, 4.69) is 5.32 Å². The molecule has 7 nitrogen and oxygen atoms in total. The molecule has 21 heavy (non-hydrogen) atoms. The Hall–Kier alpha value is -1.22. The first-order chi connectivity index (χ1) is 9.87. The minimum atomic E-state index is -3.76. The zero-order chi connectivity index (χ0) is 15.6. The van der Waals surface area contributed by atoms with Crippen molar-refractivity contribution >= 4 is 27.3 Å². The highest BCUT2D eigenvalue weighted by molar-refractivity contribution is 7.89. The second-order valence-corrected chi connectivity index (χ2v) is 7.07. The third kappa shape index (κ3) is 3.18. The highest BCUT2D eigenvalue weighted by Gasteiger charge is 2.35. The fourth-order valence-electron chi connectivity index (χ4n) is 2.14. The van der Waals surface area contributed by atoms with E-state index in [-0.39, 0.29) is 21.6 Å². The van der Waals surface area contributed by atoms with Gasteiger partial charge in [0.25, 0.3) is 5.69 Å². The first-order valence-corrected chi connectivity index (χ1v) is 8.36. The lowest BCUT2D eigenvalue weighted by Gasteiger charge is -2.37. The van der Waals surface area contributed by atoms with Gasteiger partial charge in [-0.1, -0.05) is 18.5 Å². The van der Waals surface area contributed by atoms with Crippen LogP contribution in [-0.4, -0.2) is 43.3 Å². The Morgan fingerprint density at radius 1 is 1.48 bits per heavy atom. The van der Waals surface area contributed by atoms with Crippen molar-refractivity contribution in [1.82, 2.24) is 9.62 Å². The number of nitro benzene ring substituents is 1. The van der Waals surface area contributed by atoms with Crippen LogP contribution < -0.4 is 5.32 Å². The summed E-state index contributed by atoms with van der Waals surface area (Å²) in [6.45, 7) is 3.49. The smallest absolute Gasteiger partial charge is 0.271 e. The highest BCUT2D eigenvalue weighted by atomic mass is 35.5. The zero-order valence-electron chi connectivity index (χ0n) is 11.5. The Morgan fingerprint density at radius 3 is 2.57 bits per heavy atom. The van der Waals surface area contributed by atoms with Crippen LogP contribution in [0, 0.1) is 10.1 Å². The summed E-state index contributed by atoms with van der Waals surface area (Å²) in [5, 5.41) is 13.6. The molecular formula is C12H16ClN3O4S. The molecule has 1 aromatic rings. The molecule has 1 aliphatic rings. The van der Waals surface area contributed by atoms with E-state index >= 15 is 0 Å². The minimum Gasteiger partial charge on any atom is -0.313 e. The van der Waals surface area contributed by atoms with Crippen LogP contribution in [0.15, 0.2) is 23.1 Å². The predicted octanol–water partition coefficient (Wildman–Crippen LogP) is 1.62. The number of benzene rings is 1. The van der Waals surface area contributed by atoms with Gasteiger partial charge in [0.15, 0.2) is 0 Å². The van der Waals surface area contributed by atoms with Crippen molar-refractivity contribution < 1.29 is 13.3 Å². The lowest BCUT2D eigenvalue weighted by molar-refractivity contribution is -0.384. The van der Waals surface area contributed by atoms with Gasteiger partial charge in [0.1, 0.15) is 4.90 Å². The minimum absolute atomic E-state index is 0.0879. The molecule has 0 amide bonds. The van der Waals surface area contributed by atoms with Crippen molar-refractivity contribution in [2.24, 2.45) is 0 Å². The van der Waals surface area contributed by atoms with Crippen LogP contribution in [0.1, 0.15) is 13.3 Å². The number of non-ortho nitro benzene ring substituents is 1. The average molecular weight is 334 g/mol. The van der Waals surface area contributed by atoms with Gasteiger partial charge >= 0.3 is 0 Å². The third-order valence-electron chi connectivity index (χ3n) is 3.32.